The Morgan fingerprint density at radius 2 is 2.00 bits per heavy atom. The molecule has 2 rings (SSSR count). The smallest absolute Gasteiger partial charge is 0.254 e. The number of nitrogens with zero attached hydrogens (tertiary/aromatic N) is 1. The van der Waals surface area contributed by atoms with Crippen LogP contribution in [0.25, 0.3) is 0 Å². The Bertz CT molecular complexity index is 694. The number of halogens is 4. The van der Waals surface area contributed by atoms with Gasteiger partial charge in [-0.25, -0.2) is 4.98 Å². The van der Waals surface area contributed by atoms with Crippen LogP contribution in [-0.2, 0) is 0 Å². The van der Waals surface area contributed by atoms with Gasteiger partial charge in [-0.3, -0.25) is 4.79 Å². The van der Waals surface area contributed by atoms with Crippen LogP contribution in [0.1, 0.15) is 28.9 Å². The minimum Gasteiger partial charge on any atom is -0.345 e. The Hall–Kier alpha value is -0.810. The van der Waals surface area contributed by atoms with Gasteiger partial charge in [0.15, 0.2) is 0 Å². The number of benzene rings is 1. The van der Waals surface area contributed by atoms with Crippen LogP contribution in [0.15, 0.2) is 34.9 Å². The predicted molar refractivity (Wildman–Crippen MR) is 89.3 cm³/mol. The maximum absolute atomic E-state index is 12.3. The number of amides is 1. The number of rotatable bonds is 3. The first-order valence-corrected chi connectivity index (χ1v) is 7.88. The molecular formula is C14H10BrCl3N2O. The van der Waals surface area contributed by atoms with Gasteiger partial charge in [-0.1, -0.05) is 40.9 Å². The zero-order valence-corrected chi connectivity index (χ0v) is 14.7. The summed E-state index contributed by atoms with van der Waals surface area (Å²) >= 11 is 21.2. The number of carbonyl (C=O) groups excluding carboxylic acids is 1. The quantitative estimate of drug-likeness (QED) is 0.701. The van der Waals surface area contributed by atoms with Gasteiger partial charge >= 0.3 is 0 Å². The summed E-state index contributed by atoms with van der Waals surface area (Å²) in [7, 11) is 0. The summed E-state index contributed by atoms with van der Waals surface area (Å²) < 4.78 is 0.675. The highest BCUT2D eigenvalue weighted by Gasteiger charge is 2.17. The highest BCUT2D eigenvalue weighted by Crippen LogP contribution is 2.27. The molecule has 0 radical (unpaired) electrons. The van der Waals surface area contributed by atoms with E-state index in [-0.39, 0.29) is 17.1 Å². The molecular weight excluding hydrogens is 398 g/mol. The Balaban J connectivity index is 2.20. The summed E-state index contributed by atoms with van der Waals surface area (Å²) in [5.41, 5.74) is 1.07. The van der Waals surface area contributed by atoms with Crippen molar-refractivity contribution in [1.82, 2.24) is 10.3 Å². The van der Waals surface area contributed by atoms with Gasteiger partial charge in [0.05, 0.1) is 11.6 Å². The molecule has 21 heavy (non-hydrogen) atoms. The Morgan fingerprint density at radius 3 is 2.67 bits per heavy atom. The fraction of sp³-hybridized carbons (Fsp3) is 0.143. The summed E-state index contributed by atoms with van der Waals surface area (Å²) in [6.07, 6.45) is 1.53. The summed E-state index contributed by atoms with van der Waals surface area (Å²) in [6, 6.07) is 6.45. The van der Waals surface area contributed by atoms with E-state index in [4.69, 9.17) is 34.8 Å². The minimum atomic E-state index is -0.327. The van der Waals surface area contributed by atoms with Crippen molar-refractivity contribution < 1.29 is 4.79 Å². The summed E-state index contributed by atoms with van der Waals surface area (Å²) in [5, 5.41) is 4.01. The summed E-state index contributed by atoms with van der Waals surface area (Å²) in [6.45, 7) is 1.83. The number of pyridine rings is 1. The van der Waals surface area contributed by atoms with E-state index in [1.165, 1.54) is 6.20 Å². The van der Waals surface area contributed by atoms with Crippen LogP contribution < -0.4 is 5.32 Å². The number of hydrogen-bond donors (Lipinski definition) is 1. The van der Waals surface area contributed by atoms with E-state index < -0.39 is 0 Å². The predicted octanol–water partition coefficient (Wildman–Crippen LogP) is 5.30. The molecule has 110 valence electrons. The lowest BCUT2D eigenvalue weighted by molar-refractivity contribution is 0.0939. The second-order valence-electron chi connectivity index (χ2n) is 4.35. The molecule has 1 atom stereocenters. The number of carbonyl (C=O) groups is 1. The lowest BCUT2D eigenvalue weighted by atomic mass is 10.1. The average Bonchev–Trinajstić information content (AvgIpc) is 2.41. The third-order valence-corrected chi connectivity index (χ3v) is 4.12. The minimum absolute atomic E-state index is 0.144. The molecule has 0 bridgehead atoms. The second-order valence-corrected chi connectivity index (χ2v) is 6.47. The summed E-state index contributed by atoms with van der Waals surface area (Å²) in [4.78, 5) is 16.2. The van der Waals surface area contributed by atoms with Gasteiger partial charge in [-0.15, -0.1) is 0 Å². The van der Waals surface area contributed by atoms with E-state index in [2.05, 4.69) is 26.2 Å². The van der Waals surface area contributed by atoms with E-state index in [0.717, 1.165) is 5.56 Å². The van der Waals surface area contributed by atoms with Crippen LogP contribution >= 0.6 is 50.7 Å². The van der Waals surface area contributed by atoms with Gasteiger partial charge < -0.3 is 5.32 Å². The Morgan fingerprint density at radius 1 is 1.29 bits per heavy atom. The number of aromatic nitrogens is 1. The van der Waals surface area contributed by atoms with Gasteiger partial charge in [-0.2, -0.15) is 0 Å². The largest absolute Gasteiger partial charge is 0.345 e. The molecule has 0 aliphatic rings. The number of hydrogen-bond acceptors (Lipinski definition) is 2. The van der Waals surface area contributed by atoms with Crippen LogP contribution in [0.5, 0.6) is 0 Å². The zero-order valence-electron chi connectivity index (χ0n) is 10.8. The lowest BCUT2D eigenvalue weighted by Crippen LogP contribution is -2.27. The maximum Gasteiger partial charge on any atom is 0.254 e. The monoisotopic (exact) mass is 406 g/mol. The van der Waals surface area contributed by atoms with Crippen LogP contribution in [-0.4, -0.2) is 10.9 Å². The van der Waals surface area contributed by atoms with Crippen molar-refractivity contribution in [3.05, 3.63) is 61.3 Å². The molecule has 1 N–H and O–H groups in total. The van der Waals surface area contributed by atoms with E-state index >= 15 is 0 Å². The molecule has 0 spiro atoms. The molecule has 1 aromatic heterocycles. The molecule has 1 unspecified atom stereocenters. The molecule has 0 aliphatic carbocycles. The first-order chi connectivity index (χ1) is 9.88. The topological polar surface area (TPSA) is 42.0 Å². The molecule has 1 heterocycles. The molecule has 0 fully saturated rings. The second kappa shape index (κ2) is 6.97. The van der Waals surface area contributed by atoms with Crippen LogP contribution in [0.3, 0.4) is 0 Å². The molecule has 2 aromatic rings. The highest BCUT2D eigenvalue weighted by atomic mass is 79.9. The zero-order chi connectivity index (χ0) is 15.6. The molecule has 0 aliphatic heterocycles. The van der Waals surface area contributed by atoms with E-state index in [1.54, 1.807) is 24.3 Å². The third-order valence-electron chi connectivity index (χ3n) is 2.83. The first-order valence-electron chi connectivity index (χ1n) is 5.95. The normalized spacial score (nSPS) is 12.0. The van der Waals surface area contributed by atoms with Crippen molar-refractivity contribution in [2.24, 2.45) is 0 Å². The van der Waals surface area contributed by atoms with E-state index in [9.17, 15) is 4.79 Å². The molecule has 1 amide bonds. The van der Waals surface area contributed by atoms with E-state index in [0.29, 0.717) is 20.1 Å². The van der Waals surface area contributed by atoms with Gasteiger partial charge in [0, 0.05) is 20.7 Å². The van der Waals surface area contributed by atoms with Gasteiger partial charge in [0.1, 0.15) is 5.15 Å². The first kappa shape index (κ1) is 16.6. The molecule has 7 heteroatoms. The summed E-state index contributed by atoms with van der Waals surface area (Å²) in [5.74, 6) is -0.327. The fourth-order valence-electron chi connectivity index (χ4n) is 1.79. The maximum atomic E-state index is 12.3. The van der Waals surface area contributed by atoms with Crippen LogP contribution in [0.2, 0.25) is 15.2 Å². The van der Waals surface area contributed by atoms with Crippen molar-refractivity contribution in [1.29, 1.82) is 0 Å². The van der Waals surface area contributed by atoms with Crippen LogP contribution in [0, 0.1) is 0 Å². The van der Waals surface area contributed by atoms with Crippen molar-refractivity contribution in [3.8, 4) is 0 Å². The molecule has 0 saturated carbocycles. The lowest BCUT2D eigenvalue weighted by Gasteiger charge is -2.16. The highest BCUT2D eigenvalue weighted by molar-refractivity contribution is 9.10. The van der Waals surface area contributed by atoms with Gasteiger partial charge in [-0.05, 0) is 46.6 Å². The number of nitrogens with one attached hydrogen (secondary N) is 1. The van der Waals surface area contributed by atoms with E-state index in [1.807, 2.05) is 6.92 Å². The van der Waals surface area contributed by atoms with Crippen molar-refractivity contribution in [2.45, 2.75) is 13.0 Å². The SMILES string of the molecule is CC(NC(=O)c1cc(Br)cnc1Cl)c1ccc(Cl)cc1Cl. The average molecular weight is 409 g/mol. The fourth-order valence-corrected chi connectivity index (χ4v) is 2.88. The Labute approximate surface area is 145 Å². The third kappa shape index (κ3) is 4.10. The van der Waals surface area contributed by atoms with Crippen molar-refractivity contribution in [2.75, 3.05) is 0 Å². The molecule has 3 nitrogen and oxygen atoms in total. The van der Waals surface area contributed by atoms with Crippen molar-refractivity contribution >= 4 is 56.6 Å². The molecule has 0 saturated heterocycles. The standard InChI is InChI=1S/C14H10BrCl3N2O/c1-7(10-3-2-9(16)5-12(10)17)20-14(21)11-4-8(15)6-19-13(11)18/h2-7H,1H3,(H,20,21). The van der Waals surface area contributed by atoms with Gasteiger partial charge in [0.25, 0.3) is 5.91 Å². The van der Waals surface area contributed by atoms with Gasteiger partial charge in [0.2, 0.25) is 0 Å². The Kier molecular flexibility index (Phi) is 5.49. The van der Waals surface area contributed by atoms with Crippen LogP contribution in [0.4, 0.5) is 0 Å². The molecule has 1 aromatic carbocycles. The van der Waals surface area contributed by atoms with Crippen molar-refractivity contribution in [3.63, 3.8) is 0 Å².